The first kappa shape index (κ1) is 23.9. The topological polar surface area (TPSA) is 106 Å². The third kappa shape index (κ3) is 3.90. The number of hydrogen-bond donors (Lipinski definition) is 1. The lowest BCUT2D eigenvalue weighted by atomic mass is 10.0. The molecule has 0 radical (unpaired) electrons. The van der Waals surface area contributed by atoms with Crippen LogP contribution >= 0.6 is 0 Å². The van der Waals surface area contributed by atoms with Crippen LogP contribution in [0.15, 0.2) is 36.5 Å². The Hall–Kier alpha value is -3.83. The van der Waals surface area contributed by atoms with Crippen LogP contribution in [0.2, 0.25) is 0 Å². The average Bonchev–Trinajstić information content (AvgIpc) is 3.17. The lowest BCUT2D eigenvalue weighted by molar-refractivity contribution is -0.126. The number of pyridine rings is 1. The van der Waals surface area contributed by atoms with Crippen LogP contribution in [0.4, 0.5) is 4.39 Å². The summed E-state index contributed by atoms with van der Waals surface area (Å²) in [4.78, 5) is 51.4. The number of fused-ring (bicyclic) bond motifs is 3. The monoisotopic (exact) mass is 495 g/mol. The minimum Gasteiger partial charge on any atom is -0.451 e. The summed E-state index contributed by atoms with van der Waals surface area (Å²) in [6.45, 7) is 5.11. The van der Waals surface area contributed by atoms with Crippen LogP contribution in [0.3, 0.4) is 0 Å². The van der Waals surface area contributed by atoms with E-state index in [1.165, 1.54) is 25.4 Å². The normalized spacial score (nSPS) is 21.6. The number of ether oxygens (including phenoxy) is 1. The van der Waals surface area contributed by atoms with E-state index in [-0.39, 0.29) is 40.8 Å². The number of halogens is 1. The summed E-state index contributed by atoms with van der Waals surface area (Å²) in [5.41, 5.74) is 3.73. The molecule has 3 atom stereocenters. The van der Waals surface area contributed by atoms with E-state index in [9.17, 15) is 18.8 Å². The number of benzene rings is 1. The first-order chi connectivity index (χ1) is 17.2. The van der Waals surface area contributed by atoms with Crippen molar-refractivity contribution in [2.75, 3.05) is 13.7 Å². The van der Waals surface area contributed by atoms with Crippen LogP contribution in [-0.4, -0.2) is 68.9 Å². The van der Waals surface area contributed by atoms with E-state index in [2.05, 4.69) is 14.7 Å². The average molecular weight is 496 g/mol. The van der Waals surface area contributed by atoms with Crippen LogP contribution < -0.4 is 10.2 Å². The quantitative estimate of drug-likeness (QED) is 0.328. The second-order valence-electron chi connectivity index (χ2n) is 9.20. The third-order valence-electron chi connectivity index (χ3n) is 6.79. The lowest BCUT2D eigenvalue weighted by Crippen LogP contribution is -2.66. The number of aromatic nitrogens is 2. The van der Waals surface area contributed by atoms with E-state index in [1.807, 2.05) is 19.3 Å². The highest BCUT2D eigenvalue weighted by Crippen LogP contribution is 2.36. The van der Waals surface area contributed by atoms with Gasteiger partial charge in [-0.2, -0.15) is 4.98 Å². The zero-order chi connectivity index (χ0) is 25.7. The maximum absolute atomic E-state index is 13.6. The van der Waals surface area contributed by atoms with Gasteiger partial charge in [0.15, 0.2) is 6.23 Å². The molecule has 2 aromatic heterocycles. The lowest BCUT2D eigenvalue weighted by Gasteiger charge is -2.50. The van der Waals surface area contributed by atoms with Gasteiger partial charge in [0.25, 0.3) is 11.7 Å². The molecule has 2 aliphatic rings. The first-order valence-electron chi connectivity index (χ1n) is 11.5. The molecule has 0 saturated carbocycles. The second kappa shape index (κ2) is 8.99. The standard InChI is InChI=1S/C25H26FN5O5/c1-13-10-30(11-15-5-7-16(26)8-6-15)14(2)25-31(13)24(34)18-9-17-19(20(32)22(33)28-35-4)12-29(3)21(17)27-23(18)36-25/h5-9,12-14,25H,10-11H2,1-4H3,(H,28,33)/t13-,14+,25?/m1/s1. The van der Waals surface area contributed by atoms with Gasteiger partial charge in [-0.3, -0.25) is 29.0 Å². The molecule has 1 unspecified atom stereocenters. The molecule has 1 aromatic carbocycles. The Morgan fingerprint density at radius 3 is 2.67 bits per heavy atom. The summed E-state index contributed by atoms with van der Waals surface area (Å²) in [7, 11) is 2.93. The molecule has 3 aromatic rings. The van der Waals surface area contributed by atoms with Gasteiger partial charge in [-0.1, -0.05) is 12.1 Å². The number of Topliss-reactive ketones (excluding diaryl/α,β-unsaturated/α-hetero) is 1. The predicted molar refractivity (Wildman–Crippen MR) is 127 cm³/mol. The van der Waals surface area contributed by atoms with Crippen molar-refractivity contribution in [3.63, 3.8) is 0 Å². The summed E-state index contributed by atoms with van der Waals surface area (Å²) >= 11 is 0. The molecule has 36 heavy (non-hydrogen) atoms. The van der Waals surface area contributed by atoms with Gasteiger partial charge in [-0.05, 0) is 37.6 Å². The van der Waals surface area contributed by atoms with Crippen LogP contribution in [-0.2, 0) is 23.2 Å². The van der Waals surface area contributed by atoms with Crippen LogP contribution in [0.5, 0.6) is 5.88 Å². The highest BCUT2D eigenvalue weighted by molar-refractivity contribution is 6.44. The number of amides is 2. The molecule has 2 amide bonds. The van der Waals surface area contributed by atoms with Crippen LogP contribution in [0, 0.1) is 5.82 Å². The fourth-order valence-corrected chi connectivity index (χ4v) is 4.98. The number of nitrogens with one attached hydrogen (secondary N) is 1. The van der Waals surface area contributed by atoms with Crippen molar-refractivity contribution in [2.45, 2.75) is 38.7 Å². The molecule has 0 spiro atoms. The smallest absolute Gasteiger partial charge is 0.315 e. The molecule has 2 aliphatic heterocycles. The van der Waals surface area contributed by atoms with Crippen molar-refractivity contribution in [1.29, 1.82) is 0 Å². The number of nitrogens with zero attached hydrogens (tertiary/aromatic N) is 4. The van der Waals surface area contributed by atoms with Crippen molar-refractivity contribution in [2.24, 2.45) is 7.05 Å². The van der Waals surface area contributed by atoms with Gasteiger partial charge in [0.1, 0.15) is 17.0 Å². The van der Waals surface area contributed by atoms with E-state index in [4.69, 9.17) is 4.74 Å². The van der Waals surface area contributed by atoms with Gasteiger partial charge in [0.2, 0.25) is 5.88 Å². The number of rotatable bonds is 5. The Kier molecular flexibility index (Phi) is 5.97. The maximum atomic E-state index is 13.6. The summed E-state index contributed by atoms with van der Waals surface area (Å²) < 4.78 is 21.2. The Balaban J connectivity index is 1.49. The highest BCUT2D eigenvalue weighted by atomic mass is 19.1. The fourth-order valence-electron chi connectivity index (χ4n) is 4.98. The number of ketones is 1. The summed E-state index contributed by atoms with van der Waals surface area (Å²) in [6, 6.07) is 7.59. The fraction of sp³-hybridized carbons (Fsp3) is 0.360. The van der Waals surface area contributed by atoms with Gasteiger partial charge in [-0.15, -0.1) is 0 Å². The Morgan fingerprint density at radius 1 is 1.25 bits per heavy atom. The Bertz CT molecular complexity index is 1370. The van der Waals surface area contributed by atoms with E-state index in [0.29, 0.717) is 24.1 Å². The van der Waals surface area contributed by atoms with E-state index < -0.39 is 17.9 Å². The molecule has 1 fully saturated rings. The van der Waals surface area contributed by atoms with Gasteiger partial charge in [0, 0.05) is 37.8 Å². The summed E-state index contributed by atoms with van der Waals surface area (Å²) in [6.07, 6.45) is 0.918. The van der Waals surface area contributed by atoms with Gasteiger partial charge >= 0.3 is 5.91 Å². The summed E-state index contributed by atoms with van der Waals surface area (Å²) in [5.74, 6) is -2.09. The number of piperazine rings is 1. The number of carbonyl (C=O) groups is 3. The largest absolute Gasteiger partial charge is 0.451 e. The van der Waals surface area contributed by atoms with Crippen LogP contribution in [0.25, 0.3) is 11.0 Å². The van der Waals surface area contributed by atoms with E-state index in [1.54, 1.807) is 34.7 Å². The second-order valence-corrected chi connectivity index (χ2v) is 9.20. The van der Waals surface area contributed by atoms with E-state index >= 15 is 0 Å². The van der Waals surface area contributed by atoms with Gasteiger partial charge in [0.05, 0.1) is 18.7 Å². The molecule has 11 heteroatoms. The van der Waals surface area contributed by atoms with Crippen molar-refractivity contribution < 1.29 is 28.3 Å². The zero-order valence-corrected chi connectivity index (χ0v) is 20.3. The van der Waals surface area contributed by atoms with Crippen LogP contribution in [0.1, 0.15) is 40.1 Å². The molecule has 1 saturated heterocycles. The van der Waals surface area contributed by atoms with Gasteiger partial charge in [-0.25, -0.2) is 9.87 Å². The molecule has 10 nitrogen and oxygen atoms in total. The van der Waals surface area contributed by atoms with Crippen molar-refractivity contribution >= 4 is 28.6 Å². The zero-order valence-electron chi connectivity index (χ0n) is 20.3. The number of aryl methyl sites for hydroxylation is 1. The Labute approximate surface area is 206 Å². The number of hydrogen-bond acceptors (Lipinski definition) is 7. The molecule has 188 valence electrons. The summed E-state index contributed by atoms with van der Waals surface area (Å²) in [5, 5.41) is 0.374. The minimum absolute atomic E-state index is 0.109. The SMILES string of the molecule is CONC(=O)C(=O)c1cn(C)c2nc3c(cc12)C(=O)N1C(O3)[C@H](C)N(Cc2ccc(F)cc2)C[C@H]1C. The minimum atomic E-state index is -0.926. The van der Waals surface area contributed by atoms with Gasteiger partial charge < -0.3 is 9.30 Å². The number of hydroxylamine groups is 1. The molecular formula is C25H26FN5O5. The first-order valence-corrected chi connectivity index (χ1v) is 11.5. The molecule has 0 aliphatic carbocycles. The molecule has 0 bridgehead atoms. The van der Waals surface area contributed by atoms with E-state index in [0.717, 1.165) is 5.56 Å². The number of carbonyl (C=O) groups excluding carboxylic acids is 3. The maximum Gasteiger partial charge on any atom is 0.315 e. The van der Waals surface area contributed by atoms with Crippen molar-refractivity contribution in [3.05, 3.63) is 59.0 Å². The molecular weight excluding hydrogens is 469 g/mol. The van der Waals surface area contributed by atoms with Crippen molar-refractivity contribution in [1.82, 2.24) is 24.8 Å². The molecule has 4 heterocycles. The highest BCUT2D eigenvalue weighted by Gasteiger charge is 2.46. The van der Waals surface area contributed by atoms with Crippen molar-refractivity contribution in [3.8, 4) is 5.88 Å². The predicted octanol–water partition coefficient (Wildman–Crippen LogP) is 2.03. The Morgan fingerprint density at radius 2 is 1.97 bits per heavy atom. The third-order valence-corrected chi connectivity index (χ3v) is 6.79. The molecule has 1 N–H and O–H groups in total. The molecule has 5 rings (SSSR count).